The predicted molar refractivity (Wildman–Crippen MR) is 118 cm³/mol. The van der Waals surface area contributed by atoms with Gasteiger partial charge >= 0.3 is 0 Å². The molecule has 0 saturated carbocycles. The van der Waals surface area contributed by atoms with Gasteiger partial charge in [-0.3, -0.25) is 9.10 Å². The molecule has 8 heteroatoms. The van der Waals surface area contributed by atoms with Crippen molar-refractivity contribution in [2.45, 2.75) is 39.2 Å². The lowest BCUT2D eigenvalue weighted by molar-refractivity contribution is -0.122. The van der Waals surface area contributed by atoms with Gasteiger partial charge in [-0.2, -0.15) is 0 Å². The molecule has 1 heterocycles. The highest BCUT2D eigenvalue weighted by atomic mass is 32.2. The predicted octanol–water partition coefficient (Wildman–Crippen LogP) is 3.55. The van der Waals surface area contributed by atoms with Crippen LogP contribution in [0.4, 0.5) is 11.4 Å². The van der Waals surface area contributed by atoms with Crippen LogP contribution in [0.3, 0.4) is 0 Å². The molecule has 0 saturated heterocycles. The molecule has 162 valence electrons. The summed E-state index contributed by atoms with van der Waals surface area (Å²) in [7, 11) is -3.61. The number of benzene rings is 2. The Hall–Kier alpha value is -2.74. The summed E-state index contributed by atoms with van der Waals surface area (Å²) in [5.41, 5.74) is 1.78. The van der Waals surface area contributed by atoms with Crippen molar-refractivity contribution in [2.24, 2.45) is 0 Å². The molecule has 3 rings (SSSR count). The third-order valence-corrected chi connectivity index (χ3v) is 5.98. The molecule has 0 bridgehead atoms. The monoisotopic (exact) mass is 432 g/mol. The van der Waals surface area contributed by atoms with Gasteiger partial charge in [0.1, 0.15) is 11.5 Å². The van der Waals surface area contributed by atoms with E-state index in [4.69, 9.17) is 9.47 Å². The van der Waals surface area contributed by atoms with E-state index in [0.29, 0.717) is 29.5 Å². The van der Waals surface area contributed by atoms with Gasteiger partial charge in [0.05, 0.1) is 30.8 Å². The number of rotatable bonds is 5. The number of carbonyl (C=O) groups is 1. The number of sulfonamides is 1. The molecule has 1 aliphatic heterocycles. The molecule has 1 N–H and O–H groups in total. The molecule has 1 unspecified atom stereocenters. The summed E-state index contributed by atoms with van der Waals surface area (Å²) in [4.78, 5) is 12.9. The second-order valence-corrected chi connectivity index (χ2v) is 10.2. The first-order chi connectivity index (χ1) is 14.0. The molecule has 1 aliphatic rings. The maximum atomic E-state index is 12.9. The Kier molecular flexibility index (Phi) is 5.99. The number of carbonyl (C=O) groups excluding carboxylic acids is 1. The van der Waals surface area contributed by atoms with Crippen LogP contribution in [0.25, 0.3) is 0 Å². The first-order valence-corrected chi connectivity index (χ1v) is 11.7. The Labute approximate surface area is 178 Å². The summed E-state index contributed by atoms with van der Waals surface area (Å²) >= 11 is 0. The minimum atomic E-state index is -3.61. The number of nitrogens with one attached hydrogen (secondary N) is 1. The number of ether oxygens (including phenoxy) is 2. The molecule has 0 aromatic heterocycles. The highest BCUT2D eigenvalue weighted by Crippen LogP contribution is 2.39. The maximum absolute atomic E-state index is 12.9. The van der Waals surface area contributed by atoms with Gasteiger partial charge in [0.25, 0.3) is 5.91 Å². The van der Waals surface area contributed by atoms with Gasteiger partial charge < -0.3 is 14.8 Å². The molecule has 30 heavy (non-hydrogen) atoms. The van der Waals surface area contributed by atoms with E-state index in [0.717, 1.165) is 11.8 Å². The van der Waals surface area contributed by atoms with Crippen molar-refractivity contribution >= 4 is 27.3 Å². The third kappa shape index (κ3) is 4.70. The normalized spacial score (nSPS) is 16.4. The first-order valence-electron chi connectivity index (χ1n) is 9.82. The van der Waals surface area contributed by atoms with Gasteiger partial charge in [-0.25, -0.2) is 8.42 Å². The SMILES string of the molecule is CCOc1ccccc1NC(=O)C1CN(S(C)(=O)=O)c2cc(C(C)(C)C)ccc2O1. The zero-order valence-corrected chi connectivity index (χ0v) is 18.7. The quantitative estimate of drug-likeness (QED) is 0.781. The fraction of sp³-hybridized carbons (Fsp3) is 0.409. The molecular formula is C22H28N2O5S. The minimum absolute atomic E-state index is 0.109. The molecule has 2 aromatic carbocycles. The molecular weight excluding hydrogens is 404 g/mol. The lowest BCUT2D eigenvalue weighted by Gasteiger charge is -2.35. The third-order valence-electron chi connectivity index (χ3n) is 4.83. The van der Waals surface area contributed by atoms with Crippen molar-refractivity contribution in [1.82, 2.24) is 0 Å². The molecule has 1 atom stereocenters. The Bertz CT molecular complexity index is 1040. The topological polar surface area (TPSA) is 84.9 Å². The lowest BCUT2D eigenvalue weighted by atomic mass is 9.86. The number of anilines is 2. The van der Waals surface area contributed by atoms with Gasteiger partial charge in [-0.1, -0.05) is 39.0 Å². The molecule has 1 amide bonds. The van der Waals surface area contributed by atoms with E-state index in [-0.39, 0.29) is 12.0 Å². The van der Waals surface area contributed by atoms with E-state index in [9.17, 15) is 13.2 Å². The highest BCUT2D eigenvalue weighted by molar-refractivity contribution is 7.92. The Morgan fingerprint density at radius 1 is 1.23 bits per heavy atom. The summed E-state index contributed by atoms with van der Waals surface area (Å²) in [5, 5.41) is 2.79. The van der Waals surface area contributed by atoms with Crippen molar-refractivity contribution in [1.29, 1.82) is 0 Å². The van der Waals surface area contributed by atoms with E-state index >= 15 is 0 Å². The van der Waals surface area contributed by atoms with Crippen LogP contribution in [-0.2, 0) is 20.2 Å². The summed E-state index contributed by atoms with van der Waals surface area (Å²) in [6.07, 6.45) is 0.132. The molecule has 0 spiro atoms. The van der Waals surface area contributed by atoms with E-state index in [1.807, 2.05) is 25.1 Å². The van der Waals surface area contributed by atoms with Crippen LogP contribution >= 0.6 is 0 Å². The van der Waals surface area contributed by atoms with E-state index in [1.165, 1.54) is 4.31 Å². The van der Waals surface area contributed by atoms with Crippen molar-refractivity contribution in [3.63, 3.8) is 0 Å². The zero-order valence-electron chi connectivity index (χ0n) is 17.9. The molecule has 0 aliphatic carbocycles. The van der Waals surface area contributed by atoms with Crippen LogP contribution < -0.4 is 19.1 Å². The Morgan fingerprint density at radius 3 is 2.57 bits per heavy atom. The van der Waals surface area contributed by atoms with Crippen LogP contribution in [0.15, 0.2) is 42.5 Å². The van der Waals surface area contributed by atoms with E-state index in [2.05, 4.69) is 26.1 Å². The van der Waals surface area contributed by atoms with E-state index < -0.39 is 22.0 Å². The van der Waals surface area contributed by atoms with Crippen LogP contribution in [-0.4, -0.2) is 39.8 Å². The second kappa shape index (κ2) is 8.18. The van der Waals surface area contributed by atoms with E-state index in [1.54, 1.807) is 24.3 Å². The largest absolute Gasteiger partial charge is 0.492 e. The van der Waals surface area contributed by atoms with Crippen molar-refractivity contribution in [3.05, 3.63) is 48.0 Å². The highest BCUT2D eigenvalue weighted by Gasteiger charge is 2.36. The van der Waals surface area contributed by atoms with Crippen LogP contribution in [0.5, 0.6) is 11.5 Å². The van der Waals surface area contributed by atoms with Gasteiger partial charge in [0.2, 0.25) is 10.0 Å². The van der Waals surface area contributed by atoms with Gasteiger partial charge in [0, 0.05) is 0 Å². The summed E-state index contributed by atoms with van der Waals surface area (Å²) in [6.45, 7) is 8.36. The van der Waals surface area contributed by atoms with Crippen molar-refractivity contribution in [3.8, 4) is 11.5 Å². The van der Waals surface area contributed by atoms with Crippen molar-refractivity contribution in [2.75, 3.05) is 29.0 Å². The van der Waals surface area contributed by atoms with Crippen LogP contribution in [0.1, 0.15) is 33.3 Å². The molecule has 0 radical (unpaired) electrons. The van der Waals surface area contributed by atoms with Crippen LogP contribution in [0.2, 0.25) is 0 Å². The number of fused-ring (bicyclic) bond motifs is 1. The summed E-state index contributed by atoms with van der Waals surface area (Å²) in [6, 6.07) is 12.5. The second-order valence-electron chi connectivity index (χ2n) is 8.25. The molecule has 2 aromatic rings. The Balaban J connectivity index is 1.92. The zero-order chi connectivity index (χ0) is 22.1. The van der Waals surface area contributed by atoms with Gasteiger partial charge in [-0.15, -0.1) is 0 Å². The van der Waals surface area contributed by atoms with Crippen LogP contribution in [0, 0.1) is 0 Å². The average Bonchev–Trinajstić information content (AvgIpc) is 2.67. The fourth-order valence-electron chi connectivity index (χ4n) is 3.23. The van der Waals surface area contributed by atoms with Gasteiger partial charge in [-0.05, 0) is 42.2 Å². The number of nitrogens with zero attached hydrogens (tertiary/aromatic N) is 1. The average molecular weight is 433 g/mol. The maximum Gasteiger partial charge on any atom is 0.267 e. The lowest BCUT2D eigenvalue weighted by Crippen LogP contribution is -2.48. The van der Waals surface area contributed by atoms with Gasteiger partial charge in [0.15, 0.2) is 6.10 Å². The molecule has 7 nitrogen and oxygen atoms in total. The summed E-state index contributed by atoms with van der Waals surface area (Å²) < 4.78 is 37.7. The smallest absolute Gasteiger partial charge is 0.267 e. The number of para-hydroxylation sites is 2. The minimum Gasteiger partial charge on any atom is -0.492 e. The standard InChI is InChI=1S/C22H28N2O5S/c1-6-28-18-10-8-7-9-16(18)23-21(25)20-14-24(30(5,26)27)17-13-15(22(2,3)4)11-12-19(17)29-20/h7-13,20H,6,14H2,1-5H3,(H,23,25). The van der Waals surface area contributed by atoms with Crippen molar-refractivity contribution < 1.29 is 22.7 Å². The number of hydrogen-bond acceptors (Lipinski definition) is 5. The summed E-state index contributed by atoms with van der Waals surface area (Å²) in [5.74, 6) is 0.457. The first kappa shape index (κ1) is 22.0. The molecule has 0 fully saturated rings. The fourth-order valence-corrected chi connectivity index (χ4v) is 4.14. The number of hydrogen-bond donors (Lipinski definition) is 1. The number of amides is 1. The Morgan fingerprint density at radius 2 is 1.93 bits per heavy atom.